The van der Waals surface area contributed by atoms with Crippen LogP contribution >= 0.6 is 11.8 Å². The maximum absolute atomic E-state index is 13.1. The summed E-state index contributed by atoms with van der Waals surface area (Å²) in [6, 6.07) is 1.85. The van der Waals surface area contributed by atoms with E-state index < -0.39 is 57.5 Å². The molecule has 210 valence electrons. The van der Waals surface area contributed by atoms with Crippen molar-refractivity contribution in [3.63, 3.8) is 0 Å². The summed E-state index contributed by atoms with van der Waals surface area (Å²) < 4.78 is 4.60. The number of nitrogens with zero attached hydrogens (tertiary/aromatic N) is 3. The quantitative estimate of drug-likeness (QED) is 0.196. The number of anilines is 1. The van der Waals surface area contributed by atoms with Crippen LogP contribution in [0.3, 0.4) is 0 Å². The highest BCUT2D eigenvalue weighted by molar-refractivity contribution is 8.01. The van der Waals surface area contributed by atoms with Crippen molar-refractivity contribution in [3.05, 3.63) is 23.8 Å². The van der Waals surface area contributed by atoms with Crippen molar-refractivity contribution in [2.75, 3.05) is 32.1 Å². The monoisotopic (exact) mass is 563 g/mol. The number of benzene rings is 1. The van der Waals surface area contributed by atoms with E-state index in [2.05, 4.69) is 10.6 Å². The van der Waals surface area contributed by atoms with Crippen LogP contribution in [-0.4, -0.2) is 109 Å². The standard InChI is InChI=1S/C24H29N5O9S/c1-5-27-8-9-28(18(33)17(27)32)22(37)25-14-11-13(30)7-6-12(14)10-15(31)26-24(38-4)20(36)29-16(19(34)35)23(2,3)39-21(24)29/h6-7,11,16,21,30H,5,8-10H2,1-4H3,(H,25,37)(H,26,31)(H,34,35)/t16-,21+,24-/m0/s1. The number of β-lactam (4-membered cyclic amide) rings is 1. The van der Waals surface area contributed by atoms with E-state index in [0.29, 0.717) is 6.54 Å². The smallest absolute Gasteiger partial charge is 0.329 e. The predicted molar refractivity (Wildman–Crippen MR) is 136 cm³/mol. The number of methoxy groups -OCH3 is 1. The summed E-state index contributed by atoms with van der Waals surface area (Å²) in [4.78, 5) is 78.6. The van der Waals surface area contributed by atoms with Crippen molar-refractivity contribution in [2.24, 2.45) is 0 Å². The molecule has 3 fully saturated rings. The number of imide groups is 1. The Balaban J connectivity index is 1.49. The van der Waals surface area contributed by atoms with Gasteiger partial charge < -0.3 is 35.4 Å². The molecule has 39 heavy (non-hydrogen) atoms. The van der Waals surface area contributed by atoms with Crippen LogP contribution in [0.25, 0.3) is 0 Å². The Morgan fingerprint density at radius 1 is 1.15 bits per heavy atom. The van der Waals surface area contributed by atoms with Gasteiger partial charge in [0.1, 0.15) is 17.2 Å². The molecule has 0 radical (unpaired) electrons. The molecular weight excluding hydrogens is 534 g/mol. The Bertz CT molecular complexity index is 1270. The Morgan fingerprint density at radius 2 is 1.85 bits per heavy atom. The average Bonchev–Trinajstić information content (AvgIpc) is 3.14. The van der Waals surface area contributed by atoms with E-state index in [0.717, 1.165) is 4.90 Å². The first-order valence-corrected chi connectivity index (χ1v) is 13.0. The van der Waals surface area contributed by atoms with Crippen LogP contribution in [0.5, 0.6) is 5.75 Å². The van der Waals surface area contributed by atoms with Gasteiger partial charge in [0.2, 0.25) is 5.91 Å². The lowest BCUT2D eigenvalue weighted by Crippen LogP contribution is -2.80. The number of carboxylic acid groups (broad SMARTS) is 1. The molecule has 3 aliphatic heterocycles. The summed E-state index contributed by atoms with van der Waals surface area (Å²) in [5.74, 6) is -4.56. The van der Waals surface area contributed by atoms with E-state index in [-0.39, 0.29) is 36.5 Å². The van der Waals surface area contributed by atoms with Gasteiger partial charge in [-0.25, -0.2) is 9.59 Å². The van der Waals surface area contributed by atoms with Crippen LogP contribution in [0.4, 0.5) is 10.5 Å². The summed E-state index contributed by atoms with van der Waals surface area (Å²) in [6.07, 6.45) is -0.367. The number of carbonyl (C=O) groups excluding carboxylic acids is 5. The number of piperazine rings is 1. The molecule has 0 bridgehead atoms. The van der Waals surface area contributed by atoms with E-state index >= 15 is 0 Å². The van der Waals surface area contributed by atoms with Gasteiger partial charge in [-0.3, -0.25) is 24.1 Å². The number of likely N-dealkylation sites (N-methyl/N-ethyl adjacent to an activating group) is 1. The zero-order valence-corrected chi connectivity index (χ0v) is 22.5. The van der Waals surface area contributed by atoms with Gasteiger partial charge in [0.15, 0.2) is 0 Å². The molecule has 3 heterocycles. The van der Waals surface area contributed by atoms with Crippen LogP contribution in [0.1, 0.15) is 26.3 Å². The molecule has 0 saturated carbocycles. The molecule has 0 aliphatic carbocycles. The van der Waals surface area contributed by atoms with Crippen LogP contribution in [-0.2, 0) is 35.1 Å². The minimum absolute atomic E-state index is 0.0173. The SMILES string of the molecule is CCN1CCN(C(=O)Nc2cc(O)ccc2CC(=O)N[C@]2(OC)C(=O)N3[C@@H](C(=O)O)C(C)(C)S[C@@H]32)C(=O)C1=O. The molecule has 0 aromatic heterocycles. The third-order valence-corrected chi connectivity index (χ3v) is 8.62. The second kappa shape index (κ2) is 10.0. The number of aromatic hydroxyl groups is 1. The van der Waals surface area contributed by atoms with Crippen molar-refractivity contribution >= 4 is 53.1 Å². The number of phenolic OH excluding ortho intramolecular Hbond substituents is 1. The van der Waals surface area contributed by atoms with Gasteiger partial charge in [0, 0.05) is 43.2 Å². The highest BCUT2D eigenvalue weighted by Crippen LogP contribution is 2.55. The second-order valence-electron chi connectivity index (χ2n) is 9.80. The summed E-state index contributed by atoms with van der Waals surface area (Å²) in [7, 11) is 1.24. The summed E-state index contributed by atoms with van der Waals surface area (Å²) >= 11 is 1.20. The molecule has 4 N–H and O–H groups in total. The predicted octanol–water partition coefficient (Wildman–Crippen LogP) is -0.237. The molecule has 14 nitrogen and oxygen atoms in total. The highest BCUT2D eigenvalue weighted by Gasteiger charge is 2.73. The number of fused-ring (bicyclic) bond motifs is 1. The summed E-state index contributed by atoms with van der Waals surface area (Å²) in [5.41, 5.74) is -1.53. The molecule has 0 spiro atoms. The normalized spacial score (nSPS) is 25.7. The molecule has 3 aliphatic rings. The largest absolute Gasteiger partial charge is 0.508 e. The number of rotatable bonds is 7. The van der Waals surface area contributed by atoms with Gasteiger partial charge in [-0.1, -0.05) is 6.07 Å². The van der Waals surface area contributed by atoms with Crippen molar-refractivity contribution in [3.8, 4) is 5.75 Å². The molecule has 6 amide bonds. The number of phenols is 1. The van der Waals surface area contributed by atoms with E-state index in [1.54, 1.807) is 20.8 Å². The van der Waals surface area contributed by atoms with E-state index in [1.165, 1.54) is 46.9 Å². The summed E-state index contributed by atoms with van der Waals surface area (Å²) in [5, 5.41) is 23.9. The highest BCUT2D eigenvalue weighted by atomic mass is 32.2. The second-order valence-corrected chi connectivity index (χ2v) is 11.5. The third-order valence-electron chi connectivity index (χ3n) is 7.01. The number of urea groups is 1. The first-order chi connectivity index (χ1) is 18.3. The van der Waals surface area contributed by atoms with Gasteiger partial charge >= 0.3 is 23.8 Å². The number of amides is 6. The Hall–Kier alpha value is -3.85. The number of hydrogen-bond donors (Lipinski definition) is 4. The van der Waals surface area contributed by atoms with Gasteiger partial charge in [-0.2, -0.15) is 0 Å². The van der Waals surface area contributed by atoms with Crippen molar-refractivity contribution in [2.45, 2.75) is 49.1 Å². The first-order valence-electron chi connectivity index (χ1n) is 12.1. The summed E-state index contributed by atoms with van der Waals surface area (Å²) in [6.45, 7) is 5.56. The molecular formula is C24H29N5O9S. The number of ether oxygens (including phenoxy) is 1. The zero-order valence-electron chi connectivity index (χ0n) is 21.7. The lowest BCUT2D eigenvalue weighted by atomic mass is 9.93. The Labute approximate surface area is 227 Å². The number of thioether (sulfide) groups is 1. The maximum Gasteiger partial charge on any atom is 0.329 e. The van der Waals surface area contributed by atoms with Gasteiger partial charge in [0.25, 0.3) is 11.6 Å². The zero-order chi connectivity index (χ0) is 28.9. The molecule has 0 unspecified atom stereocenters. The Morgan fingerprint density at radius 3 is 2.46 bits per heavy atom. The lowest BCUT2D eigenvalue weighted by molar-refractivity contribution is -0.201. The van der Waals surface area contributed by atoms with Gasteiger partial charge in [-0.15, -0.1) is 11.8 Å². The van der Waals surface area contributed by atoms with E-state index in [1.807, 2.05) is 0 Å². The number of nitrogens with one attached hydrogen (secondary N) is 2. The van der Waals surface area contributed by atoms with E-state index in [9.17, 15) is 39.0 Å². The topological polar surface area (TPSA) is 186 Å². The van der Waals surface area contributed by atoms with Crippen LogP contribution < -0.4 is 10.6 Å². The molecule has 1 aromatic carbocycles. The van der Waals surface area contributed by atoms with Crippen LogP contribution in [0.15, 0.2) is 18.2 Å². The van der Waals surface area contributed by atoms with Crippen LogP contribution in [0, 0.1) is 0 Å². The number of carboxylic acids is 1. The third kappa shape index (κ3) is 4.65. The fourth-order valence-corrected chi connectivity index (χ4v) is 6.67. The van der Waals surface area contributed by atoms with Crippen molar-refractivity contribution < 1.29 is 43.7 Å². The maximum atomic E-state index is 13.1. The van der Waals surface area contributed by atoms with Crippen molar-refractivity contribution in [1.82, 2.24) is 20.0 Å². The molecule has 4 rings (SSSR count). The van der Waals surface area contributed by atoms with Gasteiger partial charge in [0.05, 0.1) is 6.42 Å². The molecule has 15 heteroatoms. The van der Waals surface area contributed by atoms with Gasteiger partial charge in [-0.05, 0) is 32.4 Å². The first kappa shape index (κ1) is 28.2. The van der Waals surface area contributed by atoms with Crippen LogP contribution in [0.2, 0.25) is 0 Å². The van der Waals surface area contributed by atoms with E-state index in [4.69, 9.17) is 4.74 Å². The lowest BCUT2D eigenvalue weighted by Gasteiger charge is -2.51. The minimum atomic E-state index is -1.78. The number of aliphatic carboxylic acids is 1. The molecule has 3 saturated heterocycles. The fourth-order valence-electron chi connectivity index (χ4n) is 5.00. The molecule has 1 aromatic rings. The number of hydrogen-bond acceptors (Lipinski definition) is 9. The fraction of sp³-hybridized carbons (Fsp3) is 0.500. The average molecular weight is 564 g/mol. The number of carbonyl (C=O) groups is 6. The van der Waals surface area contributed by atoms with Crippen molar-refractivity contribution in [1.29, 1.82) is 0 Å². The minimum Gasteiger partial charge on any atom is -0.508 e. The Kier molecular flexibility index (Phi) is 7.25. The molecule has 3 atom stereocenters.